The molecule has 4 amide bonds. The van der Waals surface area contributed by atoms with E-state index in [4.69, 9.17) is 0 Å². The van der Waals surface area contributed by atoms with Gasteiger partial charge in [0.15, 0.2) is 0 Å². The summed E-state index contributed by atoms with van der Waals surface area (Å²) in [6.45, 7) is 5.48. The molecule has 2 rings (SSSR count). The molecule has 2 radical (unpaired) electrons. The maximum atomic E-state index is 11.6. The molecular weight excluding hydrogens is 1270 g/mol. The summed E-state index contributed by atoms with van der Waals surface area (Å²) in [5, 5.41) is 24.1. The van der Waals surface area contributed by atoms with Crippen molar-refractivity contribution in [1.82, 2.24) is 0 Å². The summed E-state index contributed by atoms with van der Waals surface area (Å²) in [7, 11) is 3.13. The van der Waals surface area contributed by atoms with Crippen LogP contribution < -0.4 is 20.4 Å². The summed E-state index contributed by atoms with van der Waals surface area (Å²) in [4.78, 5) is 71.7. The minimum atomic E-state index is -1.11. The van der Waals surface area contributed by atoms with Crippen LogP contribution in [0.15, 0.2) is 0 Å². The number of hydrogen-bond donors (Lipinski definition) is 4. The van der Waals surface area contributed by atoms with Gasteiger partial charge < -0.3 is 30.6 Å². The van der Waals surface area contributed by atoms with E-state index >= 15 is 0 Å². The van der Waals surface area contributed by atoms with Crippen molar-refractivity contribution in [3.05, 3.63) is 32.5 Å². The zero-order valence-corrected chi connectivity index (χ0v) is 38.4. The molecule has 2 aromatic rings. The summed E-state index contributed by atoms with van der Waals surface area (Å²) < 4.78 is 3.04. The van der Waals surface area contributed by atoms with Crippen molar-refractivity contribution >= 4 is 232 Å². The van der Waals surface area contributed by atoms with Gasteiger partial charge in [0.05, 0.1) is 55.3 Å². The predicted octanol–water partition coefficient (Wildman–Crippen LogP) is 5.90. The van der Waals surface area contributed by atoms with Crippen LogP contribution in [0.5, 0.6) is 0 Å². The van der Waals surface area contributed by atoms with Gasteiger partial charge in [-0.1, -0.05) is 0 Å². The molecule has 0 aliphatic rings. The molecule has 0 unspecified atom stereocenters. The molecule has 0 aromatic heterocycles. The third kappa shape index (κ3) is 11.0. The van der Waals surface area contributed by atoms with Crippen LogP contribution in [0.3, 0.4) is 0 Å². The average molecular weight is 1300 g/mol. The fourth-order valence-electron chi connectivity index (χ4n) is 3.15. The van der Waals surface area contributed by atoms with Crippen LogP contribution in [0.2, 0.25) is 0 Å². The number of hydrogen-bond acceptors (Lipinski definition) is 6. The monoisotopic (exact) mass is 1300 g/mol. The zero-order valence-electron chi connectivity index (χ0n) is 23.2. The summed E-state index contributed by atoms with van der Waals surface area (Å²) in [6, 6.07) is 0. The van der Waals surface area contributed by atoms with Crippen LogP contribution in [0.4, 0.5) is 22.7 Å². The molecular formula is C24H22CaI6N4O8. The van der Waals surface area contributed by atoms with Crippen molar-refractivity contribution in [2.45, 2.75) is 27.7 Å². The number of halogens is 6. The normalized spacial score (nSPS) is 9.95. The van der Waals surface area contributed by atoms with Crippen molar-refractivity contribution in [2.75, 3.05) is 34.5 Å². The number of carboxylic acid groups (broad SMARTS) is 2. The van der Waals surface area contributed by atoms with E-state index in [1.54, 1.807) is 14.1 Å². The number of nitrogens with one attached hydrogen (secondary N) is 2. The molecule has 0 spiro atoms. The van der Waals surface area contributed by atoms with Gasteiger partial charge in [0.2, 0.25) is 23.6 Å². The van der Waals surface area contributed by atoms with Crippen LogP contribution in [0.25, 0.3) is 0 Å². The van der Waals surface area contributed by atoms with E-state index in [-0.39, 0.29) is 72.5 Å². The van der Waals surface area contributed by atoms with Crippen molar-refractivity contribution in [3.63, 3.8) is 0 Å². The Hall–Kier alpha value is 0.900. The van der Waals surface area contributed by atoms with Crippen LogP contribution >= 0.6 is 136 Å². The number of anilines is 4. The van der Waals surface area contributed by atoms with Crippen molar-refractivity contribution in [3.8, 4) is 0 Å². The Balaban J connectivity index is 0.000000802. The number of carbonyl (C=O) groups excluding carboxylic acids is 4. The topological polar surface area (TPSA) is 173 Å². The van der Waals surface area contributed by atoms with Gasteiger partial charge in [-0.15, -0.1) is 0 Å². The summed E-state index contributed by atoms with van der Waals surface area (Å²) >= 11 is 11.6. The summed E-state index contributed by atoms with van der Waals surface area (Å²) in [5.74, 6) is -3.27. The number of rotatable bonds is 6. The number of benzene rings is 2. The molecule has 0 saturated heterocycles. The standard InChI is InChI=1S/2C12H11I3N2O4.Ca/c2*1-4(18)16-10-7(13)6(12(20)21)8(14)11(9(10)15)17(3)5(2)19;/h2*1-3H3,(H,16,18)(H,20,21);. The van der Waals surface area contributed by atoms with Gasteiger partial charge in [-0.2, -0.15) is 0 Å². The molecule has 19 heteroatoms. The second-order valence-electron chi connectivity index (χ2n) is 8.21. The first-order valence-corrected chi connectivity index (χ1v) is 17.6. The molecule has 0 aliphatic heterocycles. The molecule has 0 heterocycles. The van der Waals surface area contributed by atoms with E-state index in [9.17, 15) is 39.0 Å². The van der Waals surface area contributed by atoms with Gasteiger partial charge >= 0.3 is 11.9 Å². The van der Waals surface area contributed by atoms with Gasteiger partial charge in [-0.05, 0) is 136 Å². The minimum absolute atomic E-state index is 0. The van der Waals surface area contributed by atoms with E-state index < -0.39 is 11.9 Å². The summed E-state index contributed by atoms with van der Waals surface area (Å²) in [5.41, 5.74) is 1.91. The number of aromatic carboxylic acids is 2. The van der Waals surface area contributed by atoms with Gasteiger partial charge in [0.25, 0.3) is 0 Å². The zero-order chi connectivity index (χ0) is 33.0. The fourth-order valence-corrected chi connectivity index (χ4v) is 12.4. The molecule has 0 bridgehead atoms. The minimum Gasteiger partial charge on any atom is -0.478 e. The molecule has 0 fully saturated rings. The first kappa shape index (κ1) is 43.9. The van der Waals surface area contributed by atoms with E-state index in [2.05, 4.69) is 10.6 Å². The Labute approximate surface area is 359 Å². The van der Waals surface area contributed by atoms with Crippen LogP contribution in [0.1, 0.15) is 48.4 Å². The molecule has 12 nitrogen and oxygen atoms in total. The Morgan fingerprint density at radius 1 is 0.535 bits per heavy atom. The fraction of sp³-hybridized carbons (Fsp3) is 0.250. The van der Waals surface area contributed by atoms with Gasteiger partial charge in [0, 0.05) is 79.5 Å². The Morgan fingerprint density at radius 3 is 0.977 bits per heavy atom. The van der Waals surface area contributed by atoms with Gasteiger partial charge in [-0.3, -0.25) is 19.2 Å². The smallest absolute Gasteiger partial charge is 0.338 e. The second-order valence-corrected chi connectivity index (χ2v) is 14.7. The van der Waals surface area contributed by atoms with E-state index in [0.29, 0.717) is 44.2 Å². The molecule has 4 N–H and O–H groups in total. The van der Waals surface area contributed by atoms with Crippen molar-refractivity contribution in [2.24, 2.45) is 0 Å². The van der Waals surface area contributed by atoms with Gasteiger partial charge in [-0.25, -0.2) is 9.59 Å². The van der Waals surface area contributed by atoms with Crippen molar-refractivity contribution < 1.29 is 39.0 Å². The molecule has 0 atom stereocenters. The molecule has 0 aliphatic carbocycles. The third-order valence-corrected chi connectivity index (χ3v) is 11.6. The van der Waals surface area contributed by atoms with E-state index in [1.807, 2.05) is 136 Å². The van der Waals surface area contributed by atoms with Crippen molar-refractivity contribution in [1.29, 1.82) is 0 Å². The van der Waals surface area contributed by atoms with E-state index in [0.717, 1.165) is 0 Å². The number of carbonyl (C=O) groups is 6. The number of carboxylic acids is 2. The quantitative estimate of drug-likeness (QED) is 0.205. The van der Waals surface area contributed by atoms with Gasteiger partial charge in [0.1, 0.15) is 0 Å². The second kappa shape index (κ2) is 19.0. The van der Waals surface area contributed by atoms with E-state index in [1.165, 1.54) is 37.5 Å². The number of nitrogens with zero attached hydrogens (tertiary/aromatic N) is 2. The summed E-state index contributed by atoms with van der Waals surface area (Å²) in [6.07, 6.45) is 0. The molecule has 43 heavy (non-hydrogen) atoms. The maximum absolute atomic E-state index is 11.6. The third-order valence-electron chi connectivity index (χ3n) is 5.23. The van der Waals surface area contributed by atoms with Crippen LogP contribution in [0, 0.1) is 21.4 Å². The largest absolute Gasteiger partial charge is 0.478 e. The average Bonchev–Trinajstić information content (AvgIpc) is 2.83. The maximum Gasteiger partial charge on any atom is 0.338 e. The predicted molar refractivity (Wildman–Crippen MR) is 216 cm³/mol. The molecule has 2 aromatic carbocycles. The van der Waals surface area contributed by atoms with Crippen LogP contribution in [-0.4, -0.2) is 97.6 Å². The Bertz CT molecular complexity index is 1410. The first-order chi connectivity index (χ1) is 19.2. The number of amides is 4. The Kier molecular flexibility index (Phi) is 19.4. The molecule has 0 saturated carbocycles. The molecule has 230 valence electrons. The first-order valence-electron chi connectivity index (χ1n) is 11.1. The Morgan fingerprint density at radius 2 is 0.791 bits per heavy atom. The van der Waals surface area contributed by atoms with Crippen LogP contribution in [-0.2, 0) is 19.2 Å². The SMILES string of the molecule is CC(=O)Nc1c(I)c(C(=O)O)c(I)c(N(C)C(C)=O)c1I.CC(=O)Nc1c(I)c(C(=O)O)c(I)c(N(C)C(C)=O)c1I.[Ca].